The number of aromatic hydroxyl groups is 2. The fraction of sp³-hybridized carbons (Fsp3) is 0.522. The van der Waals surface area contributed by atoms with E-state index in [1.165, 1.54) is 12.7 Å². The van der Waals surface area contributed by atoms with Gasteiger partial charge in [-0.25, -0.2) is 4.79 Å². The van der Waals surface area contributed by atoms with Crippen LogP contribution in [0.5, 0.6) is 11.5 Å². The molecule has 0 amide bonds. The van der Waals surface area contributed by atoms with Crippen molar-refractivity contribution in [1.82, 2.24) is 0 Å². The molecule has 0 spiro atoms. The number of methoxy groups -OCH3 is 1. The number of ether oxygens (including phenoxy) is 1. The van der Waals surface area contributed by atoms with Crippen LogP contribution in [-0.4, -0.2) is 23.3 Å². The minimum absolute atomic E-state index is 0.0144. The Kier molecular flexibility index (Phi) is 6.74. The molecule has 1 atom stereocenters. The molecule has 1 aromatic rings. The van der Waals surface area contributed by atoms with Crippen molar-refractivity contribution in [2.75, 3.05) is 7.11 Å². The van der Waals surface area contributed by atoms with Gasteiger partial charge in [0.05, 0.1) is 12.7 Å². The second-order valence-electron chi connectivity index (χ2n) is 7.70. The van der Waals surface area contributed by atoms with Gasteiger partial charge in [0.15, 0.2) is 0 Å². The van der Waals surface area contributed by atoms with Crippen LogP contribution in [0, 0.1) is 0 Å². The maximum Gasteiger partial charge on any atom is 0.341 e. The monoisotopic (exact) mass is 372 g/mol. The summed E-state index contributed by atoms with van der Waals surface area (Å²) in [6.07, 6.45) is 8.27. The van der Waals surface area contributed by atoms with Gasteiger partial charge in [0, 0.05) is 5.41 Å². The summed E-state index contributed by atoms with van der Waals surface area (Å²) in [7, 11) is 1.31. The van der Waals surface area contributed by atoms with E-state index in [2.05, 4.69) is 19.6 Å². The minimum Gasteiger partial charge on any atom is -0.507 e. The largest absolute Gasteiger partial charge is 0.507 e. The lowest BCUT2D eigenvalue weighted by molar-refractivity contribution is 0.0595. The number of aryl methyl sites for hydroxylation is 1. The quantitative estimate of drug-likeness (QED) is 0.373. The van der Waals surface area contributed by atoms with Crippen LogP contribution in [0.3, 0.4) is 0 Å². The van der Waals surface area contributed by atoms with Gasteiger partial charge in [-0.15, -0.1) is 0 Å². The smallest absolute Gasteiger partial charge is 0.341 e. The van der Waals surface area contributed by atoms with Crippen LogP contribution in [0.15, 0.2) is 29.9 Å². The van der Waals surface area contributed by atoms with Crippen molar-refractivity contribution < 1.29 is 19.7 Å². The van der Waals surface area contributed by atoms with E-state index >= 15 is 0 Å². The van der Waals surface area contributed by atoms with Gasteiger partial charge in [0.2, 0.25) is 0 Å². The lowest BCUT2D eigenvalue weighted by Crippen LogP contribution is -2.29. The Balaban J connectivity index is 2.72. The van der Waals surface area contributed by atoms with Gasteiger partial charge >= 0.3 is 5.97 Å². The van der Waals surface area contributed by atoms with E-state index in [1.807, 2.05) is 13.8 Å². The number of phenols is 2. The number of rotatable bonds is 7. The molecule has 148 valence electrons. The summed E-state index contributed by atoms with van der Waals surface area (Å²) >= 11 is 0. The summed E-state index contributed by atoms with van der Waals surface area (Å²) < 4.78 is 4.94. The van der Waals surface area contributed by atoms with Crippen LogP contribution in [0.1, 0.15) is 80.8 Å². The molecule has 0 aliphatic heterocycles. The van der Waals surface area contributed by atoms with E-state index in [0.29, 0.717) is 17.5 Å². The number of hydrogen-bond acceptors (Lipinski definition) is 4. The van der Waals surface area contributed by atoms with Crippen molar-refractivity contribution in [3.05, 3.63) is 46.6 Å². The fourth-order valence-electron chi connectivity index (χ4n) is 4.20. The van der Waals surface area contributed by atoms with Gasteiger partial charge in [-0.05, 0) is 57.6 Å². The zero-order chi connectivity index (χ0) is 20.2. The number of allylic oxidation sites excluding steroid dienone is 3. The lowest BCUT2D eigenvalue weighted by Gasteiger charge is -2.37. The summed E-state index contributed by atoms with van der Waals surface area (Å²) in [5, 5.41) is 22.0. The normalized spacial score (nSPS) is 19.5. The molecule has 2 rings (SSSR count). The molecular weight excluding hydrogens is 340 g/mol. The average molecular weight is 373 g/mol. The number of unbranched alkanes of at least 4 members (excludes halogenated alkanes) is 2. The summed E-state index contributed by atoms with van der Waals surface area (Å²) in [5.74, 6) is -0.739. The lowest BCUT2D eigenvalue weighted by atomic mass is 9.66. The Labute approximate surface area is 162 Å². The number of carbonyl (C=O) groups is 1. The van der Waals surface area contributed by atoms with Crippen LogP contribution in [0.2, 0.25) is 0 Å². The average Bonchev–Trinajstić information content (AvgIpc) is 2.61. The molecule has 27 heavy (non-hydrogen) atoms. The molecule has 0 saturated heterocycles. The number of phenolic OH excluding ortho intramolecular Hbond substituents is 2. The molecule has 0 saturated carbocycles. The van der Waals surface area contributed by atoms with Crippen molar-refractivity contribution >= 4 is 5.97 Å². The van der Waals surface area contributed by atoms with Crippen LogP contribution in [0.4, 0.5) is 0 Å². The highest BCUT2D eigenvalue weighted by Crippen LogP contribution is 2.51. The predicted octanol–water partition coefficient (Wildman–Crippen LogP) is 5.56. The first-order valence-corrected chi connectivity index (χ1v) is 9.79. The second kappa shape index (κ2) is 8.64. The Bertz CT molecular complexity index is 760. The van der Waals surface area contributed by atoms with Crippen molar-refractivity contribution in [3.63, 3.8) is 0 Å². The van der Waals surface area contributed by atoms with E-state index in [-0.39, 0.29) is 17.1 Å². The van der Waals surface area contributed by atoms with Crippen LogP contribution >= 0.6 is 0 Å². The first-order chi connectivity index (χ1) is 12.8. The fourth-order valence-corrected chi connectivity index (χ4v) is 4.20. The molecule has 1 aromatic carbocycles. The van der Waals surface area contributed by atoms with Crippen molar-refractivity contribution in [2.24, 2.45) is 0 Å². The van der Waals surface area contributed by atoms with Crippen LogP contribution < -0.4 is 0 Å². The molecule has 1 aliphatic rings. The van der Waals surface area contributed by atoms with Gasteiger partial charge in [0.25, 0.3) is 0 Å². The first-order valence-electron chi connectivity index (χ1n) is 9.79. The van der Waals surface area contributed by atoms with Crippen molar-refractivity contribution in [3.8, 4) is 11.5 Å². The highest BCUT2D eigenvalue weighted by molar-refractivity contribution is 5.95. The zero-order valence-corrected chi connectivity index (χ0v) is 17.0. The molecule has 0 unspecified atom stereocenters. The third-order valence-corrected chi connectivity index (χ3v) is 5.64. The zero-order valence-electron chi connectivity index (χ0n) is 17.0. The second-order valence-corrected chi connectivity index (χ2v) is 7.70. The highest BCUT2D eigenvalue weighted by Gasteiger charge is 2.39. The molecule has 4 heteroatoms. The minimum atomic E-state index is -0.679. The van der Waals surface area contributed by atoms with Gasteiger partial charge in [-0.3, -0.25) is 0 Å². The van der Waals surface area contributed by atoms with Crippen molar-refractivity contribution in [2.45, 2.75) is 71.1 Å². The highest BCUT2D eigenvalue weighted by atomic mass is 16.5. The Morgan fingerprint density at radius 2 is 2.04 bits per heavy atom. The molecular formula is C23H32O4. The van der Waals surface area contributed by atoms with Gasteiger partial charge < -0.3 is 14.9 Å². The maximum atomic E-state index is 12.5. The number of esters is 1. The third kappa shape index (κ3) is 4.05. The Hall–Kier alpha value is -2.23. The van der Waals surface area contributed by atoms with E-state index in [4.69, 9.17) is 4.74 Å². The van der Waals surface area contributed by atoms with Crippen molar-refractivity contribution in [1.29, 1.82) is 0 Å². The molecule has 0 radical (unpaired) electrons. The number of benzene rings is 1. The molecule has 1 aliphatic carbocycles. The van der Waals surface area contributed by atoms with E-state index in [0.717, 1.165) is 44.1 Å². The van der Waals surface area contributed by atoms with E-state index in [9.17, 15) is 15.0 Å². The molecule has 0 aromatic heterocycles. The molecule has 2 N–H and O–H groups in total. The molecule has 0 fully saturated rings. The van der Waals surface area contributed by atoms with Crippen LogP contribution in [0.25, 0.3) is 0 Å². The van der Waals surface area contributed by atoms with E-state index < -0.39 is 11.4 Å². The molecule has 0 heterocycles. The maximum absolute atomic E-state index is 12.5. The van der Waals surface area contributed by atoms with Gasteiger partial charge in [-0.1, -0.05) is 43.6 Å². The van der Waals surface area contributed by atoms with Gasteiger partial charge in [0.1, 0.15) is 17.1 Å². The Morgan fingerprint density at radius 3 is 2.59 bits per heavy atom. The van der Waals surface area contributed by atoms with Gasteiger partial charge in [-0.2, -0.15) is 0 Å². The summed E-state index contributed by atoms with van der Waals surface area (Å²) in [6, 6.07) is 1.62. The topological polar surface area (TPSA) is 66.8 Å². The summed E-state index contributed by atoms with van der Waals surface area (Å²) in [4.78, 5) is 12.5. The standard InChI is InChI=1S/C23H32O4/c1-6-7-8-11-17-13-18(24)20(21(25)19(17)22(26)27-5)23(15(2)3)12-9-10-16(4)14-23/h13-14,24-25H,2,6-12H2,1,3-5H3/t23-/m1/s1. The number of hydrogen-bond donors (Lipinski definition) is 2. The predicted molar refractivity (Wildman–Crippen MR) is 108 cm³/mol. The SMILES string of the molecule is C=C(C)[C@]1(c2c(O)cc(CCCCC)c(C(=O)OC)c2O)C=C(C)CCC1. The summed E-state index contributed by atoms with van der Waals surface area (Å²) in [6.45, 7) is 10.2. The molecule has 4 nitrogen and oxygen atoms in total. The third-order valence-electron chi connectivity index (χ3n) is 5.64. The number of carbonyl (C=O) groups excluding carboxylic acids is 1. The van der Waals surface area contributed by atoms with Crippen LogP contribution in [-0.2, 0) is 16.6 Å². The first kappa shape index (κ1) is 21.1. The molecule has 0 bridgehead atoms. The summed E-state index contributed by atoms with van der Waals surface area (Å²) in [5.41, 5.74) is 2.51. The Morgan fingerprint density at radius 1 is 1.33 bits per heavy atom. The van der Waals surface area contributed by atoms with E-state index in [1.54, 1.807) is 6.07 Å².